The smallest absolute Gasteiger partial charge is 0.344 e. The number of esters is 1. The standard InChI is InChI=1S/C16H15NO6/c1-2-21-16(18)11-22-14-5-3-4-6-15(14)23-13-9-7-12(8-10-13)17(19)20/h3-10H,2,11H2,1H3. The van der Waals surface area contributed by atoms with Gasteiger partial charge >= 0.3 is 5.97 Å². The SMILES string of the molecule is CCOC(=O)COc1ccccc1Oc1ccc([N+](=O)[O-])cc1. The number of nitro groups is 1. The van der Waals surface area contributed by atoms with E-state index in [2.05, 4.69) is 0 Å². The quantitative estimate of drug-likeness (QED) is 0.442. The van der Waals surface area contributed by atoms with Crippen LogP contribution in [0.3, 0.4) is 0 Å². The van der Waals surface area contributed by atoms with Crippen LogP contribution in [0.4, 0.5) is 5.69 Å². The maximum absolute atomic E-state index is 11.3. The maximum atomic E-state index is 11.3. The Morgan fingerprint density at radius 1 is 1.09 bits per heavy atom. The number of hydrogen-bond acceptors (Lipinski definition) is 6. The van der Waals surface area contributed by atoms with Gasteiger partial charge in [-0.05, 0) is 31.2 Å². The average molecular weight is 317 g/mol. The average Bonchev–Trinajstić information content (AvgIpc) is 2.55. The van der Waals surface area contributed by atoms with Crippen LogP contribution in [0.1, 0.15) is 6.92 Å². The summed E-state index contributed by atoms with van der Waals surface area (Å²) in [7, 11) is 0. The highest BCUT2D eigenvalue weighted by atomic mass is 16.6. The molecule has 0 radical (unpaired) electrons. The van der Waals surface area contributed by atoms with Gasteiger partial charge in [0.15, 0.2) is 18.1 Å². The maximum Gasteiger partial charge on any atom is 0.344 e. The lowest BCUT2D eigenvalue weighted by Gasteiger charge is -2.11. The lowest BCUT2D eigenvalue weighted by molar-refractivity contribution is -0.384. The van der Waals surface area contributed by atoms with Crippen molar-refractivity contribution in [2.45, 2.75) is 6.92 Å². The van der Waals surface area contributed by atoms with E-state index in [1.54, 1.807) is 31.2 Å². The van der Waals surface area contributed by atoms with Crippen molar-refractivity contribution in [1.82, 2.24) is 0 Å². The molecule has 0 atom stereocenters. The molecule has 0 spiro atoms. The Kier molecular flexibility index (Phi) is 5.51. The Bertz CT molecular complexity index is 683. The van der Waals surface area contributed by atoms with Crippen LogP contribution in [-0.2, 0) is 9.53 Å². The third kappa shape index (κ3) is 4.70. The number of nitrogens with zero attached hydrogens (tertiary/aromatic N) is 1. The normalized spacial score (nSPS) is 9.96. The lowest BCUT2D eigenvalue weighted by atomic mass is 10.3. The van der Waals surface area contributed by atoms with E-state index in [1.165, 1.54) is 24.3 Å². The van der Waals surface area contributed by atoms with Crippen LogP contribution >= 0.6 is 0 Å². The third-order valence-electron chi connectivity index (χ3n) is 2.78. The van der Waals surface area contributed by atoms with Crippen LogP contribution in [0.25, 0.3) is 0 Å². The fraction of sp³-hybridized carbons (Fsp3) is 0.188. The van der Waals surface area contributed by atoms with Gasteiger partial charge in [-0.25, -0.2) is 4.79 Å². The summed E-state index contributed by atoms with van der Waals surface area (Å²) in [5.41, 5.74) is -0.0239. The first kappa shape index (κ1) is 16.3. The summed E-state index contributed by atoms with van der Waals surface area (Å²) >= 11 is 0. The Balaban J connectivity index is 2.07. The minimum atomic E-state index is -0.486. The molecule has 0 bridgehead atoms. The monoisotopic (exact) mass is 317 g/mol. The molecule has 0 saturated heterocycles. The van der Waals surface area contributed by atoms with E-state index in [-0.39, 0.29) is 18.9 Å². The largest absolute Gasteiger partial charge is 0.478 e. The molecule has 0 aliphatic rings. The number of ether oxygens (including phenoxy) is 3. The fourth-order valence-corrected chi connectivity index (χ4v) is 1.76. The molecule has 0 saturated carbocycles. The van der Waals surface area contributed by atoms with Crippen molar-refractivity contribution in [3.05, 3.63) is 58.6 Å². The summed E-state index contributed by atoms with van der Waals surface area (Å²) in [6, 6.07) is 12.5. The first-order valence-electron chi connectivity index (χ1n) is 6.90. The number of non-ortho nitro benzene ring substituents is 1. The summed E-state index contributed by atoms with van der Waals surface area (Å²) < 4.78 is 15.8. The Morgan fingerprint density at radius 3 is 2.35 bits per heavy atom. The zero-order chi connectivity index (χ0) is 16.7. The molecule has 0 aromatic heterocycles. The molecule has 0 aliphatic carbocycles. The van der Waals surface area contributed by atoms with Crippen LogP contribution in [-0.4, -0.2) is 24.1 Å². The predicted octanol–water partition coefficient (Wildman–Crippen LogP) is 3.33. The molecule has 0 amide bonds. The molecule has 0 aliphatic heterocycles. The second kappa shape index (κ2) is 7.79. The van der Waals surface area contributed by atoms with Crippen molar-refractivity contribution in [2.75, 3.05) is 13.2 Å². The second-order valence-corrected chi connectivity index (χ2v) is 4.39. The van der Waals surface area contributed by atoms with Crippen LogP contribution in [0.2, 0.25) is 0 Å². The molecule has 120 valence electrons. The van der Waals surface area contributed by atoms with Crippen LogP contribution < -0.4 is 9.47 Å². The van der Waals surface area contributed by atoms with Gasteiger partial charge in [-0.3, -0.25) is 10.1 Å². The molecule has 0 unspecified atom stereocenters. The van der Waals surface area contributed by atoms with E-state index < -0.39 is 10.9 Å². The minimum absolute atomic E-state index is 0.0239. The highest BCUT2D eigenvalue weighted by molar-refractivity contribution is 5.71. The predicted molar refractivity (Wildman–Crippen MR) is 81.7 cm³/mol. The van der Waals surface area contributed by atoms with Crippen molar-refractivity contribution in [1.29, 1.82) is 0 Å². The minimum Gasteiger partial charge on any atom is -0.478 e. The molecule has 2 aromatic carbocycles. The zero-order valence-corrected chi connectivity index (χ0v) is 12.4. The summed E-state index contributed by atoms with van der Waals surface area (Å²) in [5.74, 6) is 0.713. The van der Waals surface area contributed by atoms with Gasteiger partial charge in [-0.1, -0.05) is 12.1 Å². The van der Waals surface area contributed by atoms with Crippen molar-refractivity contribution >= 4 is 11.7 Å². The van der Waals surface area contributed by atoms with Gasteiger partial charge in [-0.15, -0.1) is 0 Å². The fourth-order valence-electron chi connectivity index (χ4n) is 1.76. The van der Waals surface area contributed by atoms with E-state index in [1.807, 2.05) is 0 Å². The highest BCUT2D eigenvalue weighted by Gasteiger charge is 2.10. The molecule has 23 heavy (non-hydrogen) atoms. The van der Waals surface area contributed by atoms with Crippen LogP contribution in [0, 0.1) is 10.1 Å². The number of hydrogen-bond donors (Lipinski definition) is 0. The molecular weight excluding hydrogens is 302 g/mol. The molecule has 0 N–H and O–H groups in total. The van der Waals surface area contributed by atoms with E-state index >= 15 is 0 Å². The number of rotatable bonds is 7. The second-order valence-electron chi connectivity index (χ2n) is 4.39. The van der Waals surface area contributed by atoms with E-state index in [4.69, 9.17) is 14.2 Å². The number of carbonyl (C=O) groups is 1. The van der Waals surface area contributed by atoms with Gasteiger partial charge < -0.3 is 14.2 Å². The van der Waals surface area contributed by atoms with Crippen LogP contribution in [0.15, 0.2) is 48.5 Å². The number of nitro benzene ring substituents is 1. The molecular formula is C16H15NO6. The molecule has 2 rings (SSSR count). The molecule has 0 fully saturated rings. The van der Waals surface area contributed by atoms with Gasteiger partial charge in [0.2, 0.25) is 0 Å². The molecule has 2 aromatic rings. The van der Waals surface area contributed by atoms with Crippen molar-refractivity contribution in [3.63, 3.8) is 0 Å². The first-order valence-corrected chi connectivity index (χ1v) is 6.90. The number of carbonyl (C=O) groups excluding carboxylic acids is 1. The van der Waals surface area contributed by atoms with Crippen molar-refractivity contribution < 1.29 is 23.9 Å². The number of benzene rings is 2. The summed E-state index contributed by atoms with van der Waals surface area (Å²) in [6.07, 6.45) is 0. The molecule has 7 nitrogen and oxygen atoms in total. The Morgan fingerprint density at radius 2 is 1.74 bits per heavy atom. The summed E-state index contributed by atoms with van der Waals surface area (Å²) in [5, 5.41) is 10.6. The zero-order valence-electron chi connectivity index (χ0n) is 12.4. The number of para-hydroxylation sites is 2. The lowest BCUT2D eigenvalue weighted by Crippen LogP contribution is -2.14. The van der Waals surface area contributed by atoms with Gasteiger partial charge in [0, 0.05) is 12.1 Å². The van der Waals surface area contributed by atoms with Crippen molar-refractivity contribution in [2.24, 2.45) is 0 Å². The summed E-state index contributed by atoms with van der Waals surface area (Å²) in [4.78, 5) is 21.5. The van der Waals surface area contributed by atoms with Crippen LogP contribution in [0.5, 0.6) is 17.2 Å². The first-order chi connectivity index (χ1) is 11.1. The topological polar surface area (TPSA) is 87.9 Å². The molecule has 0 heterocycles. The van der Waals surface area contributed by atoms with E-state index in [9.17, 15) is 14.9 Å². The molecule has 7 heteroatoms. The van der Waals surface area contributed by atoms with Gasteiger partial charge in [-0.2, -0.15) is 0 Å². The highest BCUT2D eigenvalue weighted by Crippen LogP contribution is 2.31. The third-order valence-corrected chi connectivity index (χ3v) is 2.78. The van der Waals surface area contributed by atoms with Gasteiger partial charge in [0.25, 0.3) is 5.69 Å². The van der Waals surface area contributed by atoms with Crippen molar-refractivity contribution in [3.8, 4) is 17.2 Å². The van der Waals surface area contributed by atoms with E-state index in [0.717, 1.165) is 0 Å². The van der Waals surface area contributed by atoms with Gasteiger partial charge in [0.1, 0.15) is 5.75 Å². The summed E-state index contributed by atoms with van der Waals surface area (Å²) in [6.45, 7) is 1.77. The van der Waals surface area contributed by atoms with Gasteiger partial charge in [0.05, 0.1) is 11.5 Å². The van der Waals surface area contributed by atoms with E-state index in [0.29, 0.717) is 17.2 Å². The Labute approximate surface area is 132 Å². The Hall–Kier alpha value is -3.09.